The quantitative estimate of drug-likeness (QED) is 0.616. The van der Waals surface area contributed by atoms with E-state index in [1.165, 1.54) is 22.9 Å². The van der Waals surface area contributed by atoms with Gasteiger partial charge in [-0.1, -0.05) is 27.7 Å². The van der Waals surface area contributed by atoms with Gasteiger partial charge >= 0.3 is 0 Å². The minimum absolute atomic E-state index is 0.0518. The molecule has 1 amide bonds. The van der Waals surface area contributed by atoms with E-state index in [4.69, 9.17) is 4.42 Å². The molecule has 7 heteroatoms. The third kappa shape index (κ3) is 4.58. The number of aliphatic imine (C=N–C) groups is 1. The molecule has 1 fully saturated rings. The Morgan fingerprint density at radius 2 is 1.90 bits per heavy atom. The van der Waals surface area contributed by atoms with E-state index in [0.717, 1.165) is 23.2 Å². The molecule has 0 atom stereocenters. The summed E-state index contributed by atoms with van der Waals surface area (Å²) in [6.45, 7) is 3.05. The summed E-state index contributed by atoms with van der Waals surface area (Å²) in [5, 5.41) is 11.9. The molecule has 2 aromatic carbocycles. The van der Waals surface area contributed by atoms with Crippen molar-refractivity contribution < 1.29 is 19.2 Å². The van der Waals surface area contributed by atoms with E-state index in [9.17, 15) is 9.90 Å². The first-order valence-corrected chi connectivity index (χ1v) is 10.2. The van der Waals surface area contributed by atoms with Crippen molar-refractivity contribution in [1.82, 2.24) is 4.90 Å². The maximum atomic E-state index is 12.4. The Kier molecular flexibility index (Phi) is 5.78. The number of piperazine rings is 1. The normalized spacial score (nSPS) is 15.1. The van der Waals surface area contributed by atoms with Crippen molar-refractivity contribution in [3.8, 4) is 5.75 Å². The molecular weight excluding hydrogens is 434 g/mol. The van der Waals surface area contributed by atoms with Gasteiger partial charge in [0.05, 0.1) is 38.1 Å². The predicted octanol–water partition coefficient (Wildman–Crippen LogP) is 2.54. The van der Waals surface area contributed by atoms with Crippen LogP contribution in [0.4, 0.5) is 11.4 Å². The van der Waals surface area contributed by atoms with Crippen molar-refractivity contribution in [1.29, 1.82) is 0 Å². The van der Waals surface area contributed by atoms with Gasteiger partial charge in [-0.2, -0.15) is 0 Å². The molecule has 0 spiro atoms. The number of amides is 1. The summed E-state index contributed by atoms with van der Waals surface area (Å²) in [6, 6.07) is 16.4. The summed E-state index contributed by atoms with van der Waals surface area (Å²) < 4.78 is 6.06. The molecule has 3 aromatic rings. The maximum absolute atomic E-state index is 12.4. The average molecular weight is 454 g/mol. The molecular formula is C22H20BrN3O3. The molecule has 1 saturated heterocycles. The second-order valence-electron chi connectivity index (χ2n) is 6.86. The molecule has 0 aliphatic carbocycles. The Balaban J connectivity index is 1.37. The molecule has 1 N–H and O–H groups in total. The molecule has 148 valence electrons. The van der Waals surface area contributed by atoms with Gasteiger partial charge in [0.2, 0.25) is 0 Å². The highest BCUT2D eigenvalue weighted by Crippen LogP contribution is 2.20. The lowest BCUT2D eigenvalue weighted by atomic mass is 10.2. The fourth-order valence-corrected chi connectivity index (χ4v) is 3.75. The first kappa shape index (κ1) is 19.4. The van der Waals surface area contributed by atoms with E-state index >= 15 is 0 Å². The van der Waals surface area contributed by atoms with Crippen LogP contribution in [-0.4, -0.2) is 43.2 Å². The van der Waals surface area contributed by atoms with Gasteiger partial charge in [-0.25, -0.2) is 0 Å². The van der Waals surface area contributed by atoms with Gasteiger partial charge in [-0.05, 0) is 42.0 Å². The number of carbonyl (C=O) groups is 1. The number of benzene rings is 2. The van der Waals surface area contributed by atoms with E-state index in [0.29, 0.717) is 24.4 Å². The number of rotatable bonds is 4. The Labute approximate surface area is 177 Å². The number of hydrogen-bond acceptors (Lipinski definition) is 4. The van der Waals surface area contributed by atoms with Crippen LogP contribution in [-0.2, 0) is 0 Å². The highest BCUT2D eigenvalue weighted by Gasteiger charge is 2.26. The fourth-order valence-electron chi connectivity index (χ4n) is 3.37. The van der Waals surface area contributed by atoms with Crippen molar-refractivity contribution in [3.63, 3.8) is 0 Å². The van der Waals surface area contributed by atoms with E-state index in [-0.39, 0.29) is 11.7 Å². The first-order valence-electron chi connectivity index (χ1n) is 9.39. The molecule has 4 rings (SSSR count). The number of nitrogens with zero attached hydrogens (tertiary/aromatic N) is 2. The minimum atomic E-state index is -0.0556. The zero-order valence-corrected chi connectivity index (χ0v) is 17.3. The van der Waals surface area contributed by atoms with Gasteiger partial charge in [0.25, 0.3) is 5.91 Å². The van der Waals surface area contributed by atoms with Crippen LogP contribution >= 0.6 is 15.9 Å². The molecule has 0 radical (unpaired) electrons. The third-order valence-electron chi connectivity index (χ3n) is 4.99. The zero-order valence-electron chi connectivity index (χ0n) is 15.7. The number of quaternary nitrogens is 1. The summed E-state index contributed by atoms with van der Waals surface area (Å²) in [7, 11) is 0. The summed E-state index contributed by atoms with van der Waals surface area (Å²) in [5.41, 5.74) is 2.51. The van der Waals surface area contributed by atoms with Crippen molar-refractivity contribution in [2.45, 2.75) is 0 Å². The van der Waals surface area contributed by atoms with E-state index in [2.05, 4.69) is 20.9 Å². The van der Waals surface area contributed by atoms with E-state index in [1.807, 2.05) is 29.2 Å². The molecule has 6 nitrogen and oxygen atoms in total. The van der Waals surface area contributed by atoms with Crippen molar-refractivity contribution in [3.05, 3.63) is 76.7 Å². The highest BCUT2D eigenvalue weighted by molar-refractivity contribution is 9.10. The predicted molar refractivity (Wildman–Crippen MR) is 112 cm³/mol. The topological polar surface area (TPSA) is 73.3 Å². The Bertz CT molecular complexity index is 1010. The Hall–Kier alpha value is -2.90. The smallest absolute Gasteiger partial charge is 0.289 e. The summed E-state index contributed by atoms with van der Waals surface area (Å²) in [4.78, 5) is 19.9. The molecule has 0 bridgehead atoms. The molecule has 1 aliphatic rings. The lowest BCUT2D eigenvalue weighted by Gasteiger charge is -2.31. The minimum Gasteiger partial charge on any atom is -0.872 e. The summed E-state index contributed by atoms with van der Waals surface area (Å²) in [5.74, 6) is 0.284. The van der Waals surface area contributed by atoms with Crippen molar-refractivity contribution >= 4 is 39.4 Å². The number of furan rings is 1. The average Bonchev–Trinajstić information content (AvgIpc) is 3.29. The zero-order chi connectivity index (χ0) is 20.2. The van der Waals surface area contributed by atoms with Crippen molar-refractivity contribution in [2.75, 3.05) is 26.2 Å². The van der Waals surface area contributed by atoms with Crippen LogP contribution in [0.3, 0.4) is 0 Å². The van der Waals surface area contributed by atoms with Crippen LogP contribution in [0.1, 0.15) is 16.1 Å². The standard InChI is InChI=1S/C22H20BrN3O3/c23-17-3-8-20(27)16(14-17)15-24-18-4-6-19(7-5-18)25-9-11-26(12-10-25)22(28)21-2-1-13-29-21/h1-8,13-15,27H,9-12H2. The Morgan fingerprint density at radius 3 is 2.59 bits per heavy atom. The van der Waals surface area contributed by atoms with Gasteiger partial charge < -0.3 is 14.4 Å². The molecule has 0 unspecified atom stereocenters. The third-order valence-corrected chi connectivity index (χ3v) is 5.48. The second kappa shape index (κ2) is 8.63. The van der Waals surface area contributed by atoms with Crippen LogP contribution in [0.15, 0.2) is 74.7 Å². The van der Waals surface area contributed by atoms with Gasteiger partial charge in [-0.15, -0.1) is 0 Å². The Morgan fingerprint density at radius 1 is 1.14 bits per heavy atom. The lowest BCUT2D eigenvalue weighted by molar-refractivity contribution is -0.837. The van der Waals surface area contributed by atoms with Crippen LogP contribution in [0.5, 0.6) is 5.75 Å². The maximum Gasteiger partial charge on any atom is 0.289 e. The summed E-state index contributed by atoms with van der Waals surface area (Å²) in [6.07, 6.45) is 3.11. The van der Waals surface area contributed by atoms with Crippen LogP contribution in [0.25, 0.3) is 0 Å². The highest BCUT2D eigenvalue weighted by atomic mass is 79.9. The second-order valence-corrected chi connectivity index (χ2v) is 7.78. The van der Waals surface area contributed by atoms with Crippen LogP contribution in [0, 0.1) is 0 Å². The van der Waals surface area contributed by atoms with Gasteiger partial charge in [0, 0.05) is 22.8 Å². The van der Waals surface area contributed by atoms with Crippen LogP contribution < -0.4 is 10.0 Å². The van der Waals surface area contributed by atoms with Gasteiger partial charge in [-0.3, -0.25) is 14.7 Å². The number of nitrogens with one attached hydrogen (secondary N) is 1. The van der Waals surface area contributed by atoms with E-state index in [1.54, 1.807) is 30.5 Å². The number of halogens is 1. The first-order chi connectivity index (χ1) is 14.1. The monoisotopic (exact) mass is 453 g/mol. The van der Waals surface area contributed by atoms with Crippen molar-refractivity contribution in [2.24, 2.45) is 4.99 Å². The molecule has 0 saturated carbocycles. The van der Waals surface area contributed by atoms with E-state index < -0.39 is 0 Å². The van der Waals surface area contributed by atoms with Gasteiger partial charge in [0.15, 0.2) is 5.76 Å². The molecule has 1 aliphatic heterocycles. The van der Waals surface area contributed by atoms with Gasteiger partial charge in [0.1, 0.15) is 5.69 Å². The fraction of sp³-hybridized carbons (Fsp3) is 0.182. The van der Waals surface area contributed by atoms with Crippen LogP contribution in [0.2, 0.25) is 0 Å². The SMILES string of the molecule is O=C(c1ccco1)N1CC[NH+](c2ccc(N=Cc3cc(Br)ccc3[O-])cc2)CC1. The number of hydrogen-bond donors (Lipinski definition) is 1. The lowest BCUT2D eigenvalue weighted by Crippen LogP contribution is -3.10. The summed E-state index contributed by atoms with van der Waals surface area (Å²) >= 11 is 3.37. The number of carbonyl (C=O) groups excluding carboxylic acids is 1. The molecule has 1 aromatic heterocycles. The molecule has 2 heterocycles. The largest absolute Gasteiger partial charge is 0.872 e. The molecule has 29 heavy (non-hydrogen) atoms.